The summed E-state index contributed by atoms with van der Waals surface area (Å²) in [5.41, 5.74) is 0. The SMILES string of the molecule is CCCCCCC(CCCC)COc1c(F)c(F)c(F)c(F)c1SOOO. The van der Waals surface area contributed by atoms with E-state index in [1.807, 2.05) is 6.92 Å². The molecular formula is C18H26F4O4S. The molecule has 4 nitrogen and oxygen atoms in total. The van der Waals surface area contributed by atoms with Crippen LogP contribution in [0, 0.1) is 29.2 Å². The van der Waals surface area contributed by atoms with Gasteiger partial charge in [0.2, 0.25) is 11.6 Å². The smallest absolute Gasteiger partial charge is 0.205 e. The Balaban J connectivity index is 2.91. The van der Waals surface area contributed by atoms with Crippen molar-refractivity contribution in [1.29, 1.82) is 0 Å². The van der Waals surface area contributed by atoms with Crippen LogP contribution in [-0.2, 0) is 9.37 Å². The highest BCUT2D eigenvalue weighted by Gasteiger charge is 2.28. The predicted molar refractivity (Wildman–Crippen MR) is 94.2 cm³/mol. The lowest BCUT2D eigenvalue weighted by Gasteiger charge is -2.19. The molecule has 0 aliphatic rings. The molecule has 1 N–H and O–H groups in total. The predicted octanol–water partition coefficient (Wildman–Crippen LogP) is 6.83. The molecule has 0 radical (unpaired) electrons. The Morgan fingerprint density at radius 2 is 1.48 bits per heavy atom. The first-order chi connectivity index (χ1) is 13.0. The number of hydrogen-bond donors (Lipinski definition) is 1. The van der Waals surface area contributed by atoms with Crippen molar-refractivity contribution in [2.45, 2.75) is 70.1 Å². The van der Waals surface area contributed by atoms with Gasteiger partial charge >= 0.3 is 0 Å². The van der Waals surface area contributed by atoms with E-state index < -0.39 is 33.9 Å². The van der Waals surface area contributed by atoms with Crippen LogP contribution in [0.4, 0.5) is 17.6 Å². The maximum atomic E-state index is 14.1. The maximum Gasteiger partial charge on any atom is 0.205 e. The Morgan fingerprint density at radius 1 is 0.852 bits per heavy atom. The molecule has 1 rings (SSSR count). The Kier molecular flexibility index (Phi) is 11.7. The van der Waals surface area contributed by atoms with Crippen molar-refractivity contribution >= 4 is 12.0 Å². The molecular weight excluding hydrogens is 388 g/mol. The van der Waals surface area contributed by atoms with Gasteiger partial charge in [0, 0.05) is 0 Å². The molecule has 1 atom stereocenters. The van der Waals surface area contributed by atoms with Crippen molar-refractivity contribution in [1.82, 2.24) is 0 Å². The minimum Gasteiger partial charge on any atom is -0.489 e. The number of rotatable bonds is 14. The van der Waals surface area contributed by atoms with Crippen LogP contribution < -0.4 is 4.74 Å². The van der Waals surface area contributed by atoms with Crippen molar-refractivity contribution in [2.24, 2.45) is 5.92 Å². The zero-order valence-electron chi connectivity index (χ0n) is 15.5. The van der Waals surface area contributed by atoms with Gasteiger partial charge < -0.3 is 4.74 Å². The van der Waals surface area contributed by atoms with Gasteiger partial charge in [-0.1, -0.05) is 57.4 Å². The zero-order chi connectivity index (χ0) is 20.2. The van der Waals surface area contributed by atoms with Crippen molar-refractivity contribution in [3.8, 4) is 5.75 Å². The number of halogens is 4. The molecule has 0 saturated heterocycles. The van der Waals surface area contributed by atoms with E-state index in [1.54, 1.807) is 0 Å². The molecule has 0 spiro atoms. The molecule has 156 valence electrons. The third-order valence-corrected chi connectivity index (χ3v) is 4.89. The van der Waals surface area contributed by atoms with Crippen LogP contribution in [0.3, 0.4) is 0 Å². The fourth-order valence-electron chi connectivity index (χ4n) is 2.71. The molecule has 1 aromatic carbocycles. The number of ether oxygens (including phenoxy) is 1. The Bertz CT molecular complexity index is 575. The van der Waals surface area contributed by atoms with Crippen LogP contribution in [0.15, 0.2) is 4.90 Å². The van der Waals surface area contributed by atoms with Crippen LogP contribution in [0.1, 0.15) is 65.2 Å². The van der Waals surface area contributed by atoms with Crippen LogP contribution in [0.5, 0.6) is 5.75 Å². The van der Waals surface area contributed by atoms with E-state index in [0.29, 0.717) is 0 Å². The Labute approximate surface area is 161 Å². The molecule has 1 aromatic rings. The van der Waals surface area contributed by atoms with Crippen molar-refractivity contribution in [2.75, 3.05) is 6.61 Å². The first-order valence-electron chi connectivity index (χ1n) is 9.11. The zero-order valence-corrected chi connectivity index (χ0v) is 16.3. The molecule has 0 bridgehead atoms. The number of unbranched alkanes of at least 4 members (excludes halogenated alkanes) is 4. The van der Waals surface area contributed by atoms with Crippen molar-refractivity contribution in [3.05, 3.63) is 23.3 Å². The lowest BCUT2D eigenvalue weighted by molar-refractivity contribution is -0.432. The molecule has 0 aromatic heterocycles. The highest BCUT2D eigenvalue weighted by Crippen LogP contribution is 2.38. The molecule has 0 amide bonds. The fraction of sp³-hybridized carbons (Fsp3) is 0.667. The Hall–Kier alpha value is -1.03. The van der Waals surface area contributed by atoms with Gasteiger partial charge in [-0.2, -0.15) is 4.39 Å². The van der Waals surface area contributed by atoms with Gasteiger partial charge in [0.15, 0.2) is 17.4 Å². The van der Waals surface area contributed by atoms with E-state index in [9.17, 15) is 17.6 Å². The van der Waals surface area contributed by atoms with Gasteiger partial charge in [-0.25, -0.2) is 18.4 Å². The minimum atomic E-state index is -1.99. The summed E-state index contributed by atoms with van der Waals surface area (Å²) in [4.78, 5) is -0.777. The van der Waals surface area contributed by atoms with E-state index in [2.05, 4.69) is 16.3 Å². The molecule has 0 aliphatic heterocycles. The van der Waals surface area contributed by atoms with Crippen molar-refractivity contribution < 1.29 is 36.9 Å². The van der Waals surface area contributed by atoms with Gasteiger partial charge in [0.1, 0.15) is 4.90 Å². The van der Waals surface area contributed by atoms with Crippen LogP contribution >= 0.6 is 12.0 Å². The maximum absolute atomic E-state index is 14.1. The third-order valence-electron chi connectivity index (χ3n) is 4.23. The summed E-state index contributed by atoms with van der Waals surface area (Å²) < 4.78 is 64.5. The normalized spacial score (nSPS) is 12.4. The fourth-order valence-corrected chi connectivity index (χ4v) is 3.19. The molecule has 1 unspecified atom stereocenters. The highest BCUT2D eigenvalue weighted by molar-refractivity contribution is 7.94. The summed E-state index contributed by atoms with van der Waals surface area (Å²) in [5, 5.41) is 11.5. The summed E-state index contributed by atoms with van der Waals surface area (Å²) in [7, 11) is 0. The van der Waals surface area contributed by atoms with Gasteiger partial charge in [-0.05, 0) is 18.8 Å². The standard InChI is InChI=1S/C18H26F4O4S/c1-3-5-7-8-10-12(9-6-4-2)11-24-17-15(21)13(19)14(20)16(22)18(17)27-26-25-23/h12,23H,3-11H2,1-2H3. The summed E-state index contributed by atoms with van der Waals surface area (Å²) in [6, 6.07) is 0. The first-order valence-corrected chi connectivity index (χ1v) is 9.85. The van der Waals surface area contributed by atoms with E-state index in [0.717, 1.165) is 51.4 Å². The average Bonchev–Trinajstić information content (AvgIpc) is 2.67. The van der Waals surface area contributed by atoms with Crippen LogP contribution in [0.25, 0.3) is 0 Å². The average molecular weight is 414 g/mol. The Morgan fingerprint density at radius 3 is 2.11 bits per heavy atom. The topological polar surface area (TPSA) is 47.9 Å². The molecule has 0 aliphatic carbocycles. The summed E-state index contributed by atoms with van der Waals surface area (Å²) >= 11 is -0.0142. The van der Waals surface area contributed by atoms with Crippen molar-refractivity contribution in [3.63, 3.8) is 0 Å². The summed E-state index contributed by atoms with van der Waals surface area (Å²) in [6.45, 7) is 4.18. The van der Waals surface area contributed by atoms with E-state index in [4.69, 9.17) is 9.99 Å². The van der Waals surface area contributed by atoms with Crippen LogP contribution in [-0.4, -0.2) is 11.9 Å². The van der Waals surface area contributed by atoms with Gasteiger partial charge in [0.05, 0.1) is 18.6 Å². The summed E-state index contributed by atoms with van der Waals surface area (Å²) in [5.74, 6) is -8.03. The lowest BCUT2D eigenvalue weighted by atomic mass is 9.96. The largest absolute Gasteiger partial charge is 0.489 e. The molecule has 0 heterocycles. The lowest BCUT2D eigenvalue weighted by Crippen LogP contribution is -2.15. The molecule has 9 heteroatoms. The number of hydrogen-bond acceptors (Lipinski definition) is 5. The van der Waals surface area contributed by atoms with Gasteiger partial charge in [-0.15, -0.1) is 4.33 Å². The quantitative estimate of drug-likeness (QED) is 0.0688. The van der Waals surface area contributed by atoms with Gasteiger partial charge in [0.25, 0.3) is 0 Å². The molecule has 27 heavy (non-hydrogen) atoms. The second-order valence-electron chi connectivity index (χ2n) is 6.31. The van der Waals surface area contributed by atoms with E-state index in [1.165, 1.54) is 0 Å². The minimum absolute atomic E-state index is 0.0142. The second kappa shape index (κ2) is 13.2. The van der Waals surface area contributed by atoms with E-state index >= 15 is 0 Å². The highest BCUT2D eigenvalue weighted by atomic mass is 32.2. The van der Waals surface area contributed by atoms with Gasteiger partial charge in [-0.3, -0.25) is 0 Å². The van der Waals surface area contributed by atoms with E-state index in [-0.39, 0.29) is 24.6 Å². The third kappa shape index (κ3) is 7.48. The number of benzene rings is 1. The molecule has 0 saturated carbocycles. The van der Waals surface area contributed by atoms with Crippen LogP contribution in [0.2, 0.25) is 0 Å². The monoisotopic (exact) mass is 414 g/mol. The second-order valence-corrected chi connectivity index (χ2v) is 7.02. The first kappa shape index (κ1) is 24.0. The molecule has 0 fully saturated rings. The summed E-state index contributed by atoms with van der Waals surface area (Å²) in [6.07, 6.45) is 7.84.